The summed E-state index contributed by atoms with van der Waals surface area (Å²) in [6.45, 7) is 9.26. The third kappa shape index (κ3) is 3.13. The van der Waals surface area contributed by atoms with E-state index in [1.165, 1.54) is 11.1 Å². The second-order valence-corrected chi connectivity index (χ2v) is 5.28. The number of benzene rings is 1. The lowest BCUT2D eigenvalue weighted by atomic mass is 9.97. The molecule has 3 heteroatoms. The molecule has 1 atom stereocenters. The topological polar surface area (TPSA) is 34.4 Å². The van der Waals surface area contributed by atoms with Gasteiger partial charge in [-0.3, -0.25) is 0 Å². The van der Waals surface area contributed by atoms with E-state index in [-0.39, 0.29) is 6.04 Å². The number of hydrogen-bond donors (Lipinski definition) is 1. The Bertz CT molecular complexity index is 601. The van der Waals surface area contributed by atoms with Gasteiger partial charge in [0.1, 0.15) is 17.3 Å². The number of aryl methyl sites for hydroxylation is 2. The maximum absolute atomic E-state index is 5.95. The molecular formula is C18H25NO2. The molecule has 0 saturated heterocycles. The van der Waals surface area contributed by atoms with Gasteiger partial charge in [0.05, 0.1) is 13.2 Å². The first-order valence-corrected chi connectivity index (χ1v) is 7.58. The summed E-state index contributed by atoms with van der Waals surface area (Å²) in [4.78, 5) is 0. The highest BCUT2D eigenvalue weighted by Gasteiger charge is 2.22. The zero-order chi connectivity index (χ0) is 15.4. The summed E-state index contributed by atoms with van der Waals surface area (Å²) < 4.78 is 11.6. The Hall–Kier alpha value is -1.74. The number of nitrogens with one attached hydrogen (secondary N) is 1. The summed E-state index contributed by atoms with van der Waals surface area (Å²) in [5, 5.41) is 3.50. The molecule has 2 rings (SSSR count). The number of methoxy groups -OCH3 is 1. The molecule has 0 aliphatic heterocycles. The molecule has 0 fully saturated rings. The van der Waals surface area contributed by atoms with Gasteiger partial charge in [0.25, 0.3) is 0 Å². The minimum Gasteiger partial charge on any atom is -0.496 e. The first-order chi connectivity index (χ1) is 10.1. The van der Waals surface area contributed by atoms with E-state index in [2.05, 4.69) is 51.2 Å². The van der Waals surface area contributed by atoms with Crippen LogP contribution in [0.15, 0.2) is 28.7 Å². The zero-order valence-corrected chi connectivity index (χ0v) is 13.6. The second-order valence-electron chi connectivity index (χ2n) is 5.28. The van der Waals surface area contributed by atoms with Crippen LogP contribution in [0.4, 0.5) is 0 Å². The molecule has 0 radical (unpaired) electrons. The van der Waals surface area contributed by atoms with Crippen molar-refractivity contribution >= 4 is 0 Å². The monoisotopic (exact) mass is 287 g/mol. The molecule has 0 bridgehead atoms. The van der Waals surface area contributed by atoms with Crippen LogP contribution < -0.4 is 10.1 Å². The Morgan fingerprint density at radius 1 is 1.14 bits per heavy atom. The molecule has 21 heavy (non-hydrogen) atoms. The molecule has 0 aliphatic carbocycles. The summed E-state index contributed by atoms with van der Waals surface area (Å²) in [5.41, 5.74) is 3.54. The Balaban J connectivity index is 2.50. The average Bonchev–Trinajstić information content (AvgIpc) is 2.96. The Labute approximate surface area is 127 Å². The van der Waals surface area contributed by atoms with Crippen molar-refractivity contribution in [2.75, 3.05) is 13.7 Å². The molecule has 0 spiro atoms. The Kier molecular flexibility index (Phi) is 5.07. The van der Waals surface area contributed by atoms with Crippen LogP contribution in [0, 0.1) is 13.8 Å². The SMILES string of the molecule is CCNC(c1ccc(CC)o1)c1ccc(C)c(C)c1OC. The van der Waals surface area contributed by atoms with Crippen molar-refractivity contribution in [3.63, 3.8) is 0 Å². The second kappa shape index (κ2) is 6.81. The summed E-state index contributed by atoms with van der Waals surface area (Å²) in [7, 11) is 1.73. The maximum atomic E-state index is 5.95. The first kappa shape index (κ1) is 15.6. The third-order valence-corrected chi connectivity index (χ3v) is 3.95. The van der Waals surface area contributed by atoms with E-state index in [9.17, 15) is 0 Å². The fraction of sp³-hybridized carbons (Fsp3) is 0.444. The van der Waals surface area contributed by atoms with Crippen molar-refractivity contribution in [3.05, 3.63) is 52.5 Å². The van der Waals surface area contributed by atoms with Gasteiger partial charge in [0.2, 0.25) is 0 Å². The number of ether oxygens (including phenoxy) is 1. The highest BCUT2D eigenvalue weighted by molar-refractivity contribution is 5.48. The van der Waals surface area contributed by atoms with Crippen LogP contribution in [0.1, 0.15) is 48.1 Å². The van der Waals surface area contributed by atoms with E-state index in [0.29, 0.717) is 0 Å². The quantitative estimate of drug-likeness (QED) is 0.866. The van der Waals surface area contributed by atoms with Crippen LogP contribution in [0.25, 0.3) is 0 Å². The van der Waals surface area contributed by atoms with Crippen molar-refractivity contribution in [1.82, 2.24) is 5.32 Å². The lowest BCUT2D eigenvalue weighted by Gasteiger charge is -2.21. The van der Waals surface area contributed by atoms with E-state index in [1.807, 2.05) is 6.07 Å². The van der Waals surface area contributed by atoms with Crippen molar-refractivity contribution in [1.29, 1.82) is 0 Å². The minimum absolute atomic E-state index is 0.0181. The smallest absolute Gasteiger partial charge is 0.127 e. The van der Waals surface area contributed by atoms with Crippen LogP contribution in [-0.4, -0.2) is 13.7 Å². The van der Waals surface area contributed by atoms with E-state index in [4.69, 9.17) is 9.15 Å². The lowest BCUT2D eigenvalue weighted by molar-refractivity contribution is 0.386. The Morgan fingerprint density at radius 3 is 2.48 bits per heavy atom. The molecular weight excluding hydrogens is 262 g/mol. The van der Waals surface area contributed by atoms with Crippen molar-refractivity contribution < 1.29 is 9.15 Å². The molecule has 0 amide bonds. The fourth-order valence-corrected chi connectivity index (χ4v) is 2.62. The Morgan fingerprint density at radius 2 is 1.90 bits per heavy atom. The maximum Gasteiger partial charge on any atom is 0.127 e. The predicted octanol–water partition coefficient (Wildman–Crippen LogP) is 4.17. The molecule has 2 aromatic rings. The van der Waals surface area contributed by atoms with Gasteiger partial charge in [0.15, 0.2) is 0 Å². The van der Waals surface area contributed by atoms with Crippen LogP contribution in [0.5, 0.6) is 5.75 Å². The molecule has 1 aromatic carbocycles. The summed E-state index contributed by atoms with van der Waals surface area (Å²) >= 11 is 0. The number of hydrogen-bond acceptors (Lipinski definition) is 3. The lowest BCUT2D eigenvalue weighted by Crippen LogP contribution is -2.22. The average molecular weight is 287 g/mol. The van der Waals surface area contributed by atoms with Gasteiger partial charge in [0, 0.05) is 12.0 Å². The van der Waals surface area contributed by atoms with Gasteiger partial charge in [-0.15, -0.1) is 0 Å². The molecule has 1 aromatic heterocycles. The van der Waals surface area contributed by atoms with E-state index in [1.54, 1.807) is 7.11 Å². The first-order valence-electron chi connectivity index (χ1n) is 7.58. The van der Waals surface area contributed by atoms with E-state index < -0.39 is 0 Å². The number of rotatable bonds is 6. The summed E-state index contributed by atoms with van der Waals surface area (Å²) in [6, 6.07) is 8.39. The normalized spacial score (nSPS) is 12.4. The molecule has 1 heterocycles. The molecule has 3 nitrogen and oxygen atoms in total. The highest BCUT2D eigenvalue weighted by Crippen LogP contribution is 2.34. The van der Waals surface area contributed by atoms with Gasteiger partial charge in [-0.05, 0) is 43.7 Å². The van der Waals surface area contributed by atoms with E-state index >= 15 is 0 Å². The molecule has 0 aliphatic rings. The molecule has 114 valence electrons. The standard InChI is InChI=1S/C18H25NO2/c1-6-14-9-11-16(21-14)17(19-7-2)15-10-8-12(3)13(4)18(15)20-5/h8-11,17,19H,6-7H2,1-5H3. The van der Waals surface area contributed by atoms with Crippen molar-refractivity contribution in [2.45, 2.75) is 40.2 Å². The van der Waals surface area contributed by atoms with E-state index in [0.717, 1.165) is 35.8 Å². The van der Waals surface area contributed by atoms with Gasteiger partial charge in [-0.2, -0.15) is 0 Å². The van der Waals surface area contributed by atoms with Crippen LogP contribution >= 0.6 is 0 Å². The van der Waals surface area contributed by atoms with Gasteiger partial charge >= 0.3 is 0 Å². The molecule has 1 N–H and O–H groups in total. The summed E-state index contributed by atoms with van der Waals surface area (Å²) in [6.07, 6.45) is 0.906. The zero-order valence-electron chi connectivity index (χ0n) is 13.6. The van der Waals surface area contributed by atoms with Crippen LogP contribution in [0.2, 0.25) is 0 Å². The van der Waals surface area contributed by atoms with Gasteiger partial charge in [-0.25, -0.2) is 0 Å². The fourth-order valence-electron chi connectivity index (χ4n) is 2.62. The highest BCUT2D eigenvalue weighted by atomic mass is 16.5. The van der Waals surface area contributed by atoms with Crippen molar-refractivity contribution in [3.8, 4) is 5.75 Å². The van der Waals surface area contributed by atoms with Gasteiger partial charge in [-0.1, -0.05) is 26.0 Å². The minimum atomic E-state index is 0.0181. The predicted molar refractivity (Wildman–Crippen MR) is 86.1 cm³/mol. The molecule has 1 unspecified atom stereocenters. The summed E-state index contributed by atoms with van der Waals surface area (Å²) in [5.74, 6) is 2.89. The number of furan rings is 1. The molecule has 0 saturated carbocycles. The van der Waals surface area contributed by atoms with Crippen molar-refractivity contribution in [2.24, 2.45) is 0 Å². The van der Waals surface area contributed by atoms with Crippen LogP contribution in [0.3, 0.4) is 0 Å². The van der Waals surface area contributed by atoms with Gasteiger partial charge < -0.3 is 14.5 Å². The third-order valence-electron chi connectivity index (χ3n) is 3.95. The van der Waals surface area contributed by atoms with Crippen LogP contribution in [-0.2, 0) is 6.42 Å². The largest absolute Gasteiger partial charge is 0.496 e.